The van der Waals surface area contributed by atoms with Gasteiger partial charge in [0, 0.05) is 45.2 Å². The second kappa shape index (κ2) is 8.03. The zero-order valence-electron chi connectivity index (χ0n) is 15.0. The summed E-state index contributed by atoms with van der Waals surface area (Å²) in [5.41, 5.74) is 3.27. The number of carbonyl (C=O) groups is 1. The summed E-state index contributed by atoms with van der Waals surface area (Å²) in [4.78, 5) is 14.9. The van der Waals surface area contributed by atoms with Crippen LogP contribution in [0.15, 0.2) is 58.0 Å². The van der Waals surface area contributed by atoms with Gasteiger partial charge >= 0.3 is 0 Å². The highest BCUT2D eigenvalue weighted by Gasteiger charge is 2.30. The Morgan fingerprint density at radius 1 is 1.21 bits per heavy atom. The number of likely N-dealkylation sites (N-methyl/N-ethyl adjacent to an activating group) is 1. The highest BCUT2D eigenvalue weighted by atomic mass is 79.9. The van der Waals surface area contributed by atoms with Crippen LogP contribution in [0.25, 0.3) is 17.0 Å². The van der Waals surface area contributed by atoms with Crippen molar-refractivity contribution < 1.29 is 4.79 Å². The molecule has 28 heavy (non-hydrogen) atoms. The van der Waals surface area contributed by atoms with Crippen LogP contribution in [0.3, 0.4) is 0 Å². The van der Waals surface area contributed by atoms with E-state index in [0.29, 0.717) is 15.8 Å². The molecule has 4 rings (SSSR count). The van der Waals surface area contributed by atoms with Crippen LogP contribution in [-0.4, -0.2) is 26.2 Å². The maximum absolute atomic E-state index is 12.6. The first-order chi connectivity index (χ1) is 13.5. The van der Waals surface area contributed by atoms with Gasteiger partial charge in [-0.1, -0.05) is 63.6 Å². The van der Waals surface area contributed by atoms with Gasteiger partial charge in [0.2, 0.25) is 0 Å². The predicted octanol–water partition coefficient (Wildman–Crippen LogP) is 6.33. The number of thiocarbonyl (C=S) groups is 1. The fourth-order valence-corrected chi connectivity index (χ4v) is 5.11. The third kappa shape index (κ3) is 3.79. The first kappa shape index (κ1) is 19.7. The molecular formula is C21H16BrClN2OS2. The van der Waals surface area contributed by atoms with Gasteiger partial charge in [-0.3, -0.25) is 9.69 Å². The van der Waals surface area contributed by atoms with Crippen molar-refractivity contribution in [3.05, 3.63) is 74.2 Å². The molecule has 0 spiro atoms. The lowest BCUT2D eigenvalue weighted by molar-refractivity contribution is -0.121. The normalized spacial score (nSPS) is 16.0. The van der Waals surface area contributed by atoms with E-state index < -0.39 is 0 Å². The van der Waals surface area contributed by atoms with Crippen LogP contribution in [0.5, 0.6) is 0 Å². The number of aromatic nitrogens is 1. The van der Waals surface area contributed by atoms with Crippen LogP contribution in [0, 0.1) is 0 Å². The van der Waals surface area contributed by atoms with Crippen LogP contribution in [0.4, 0.5) is 0 Å². The van der Waals surface area contributed by atoms with Crippen LogP contribution in [0.1, 0.15) is 18.1 Å². The molecule has 1 aromatic heterocycles. The van der Waals surface area contributed by atoms with E-state index in [9.17, 15) is 4.79 Å². The minimum absolute atomic E-state index is 0.0221. The van der Waals surface area contributed by atoms with E-state index in [-0.39, 0.29) is 5.91 Å². The Morgan fingerprint density at radius 3 is 2.64 bits per heavy atom. The maximum atomic E-state index is 12.6. The molecule has 0 atom stereocenters. The monoisotopic (exact) mass is 490 g/mol. The summed E-state index contributed by atoms with van der Waals surface area (Å²) in [6.45, 7) is 3.24. The minimum atomic E-state index is -0.0221. The highest BCUT2D eigenvalue weighted by molar-refractivity contribution is 9.10. The maximum Gasteiger partial charge on any atom is 0.266 e. The van der Waals surface area contributed by atoms with Gasteiger partial charge < -0.3 is 4.57 Å². The molecule has 0 saturated carbocycles. The van der Waals surface area contributed by atoms with Crippen molar-refractivity contribution in [1.29, 1.82) is 0 Å². The van der Waals surface area contributed by atoms with Gasteiger partial charge in [-0.25, -0.2) is 0 Å². The van der Waals surface area contributed by atoms with Gasteiger partial charge in [0.1, 0.15) is 4.32 Å². The fraction of sp³-hybridized carbons (Fsp3) is 0.143. The van der Waals surface area contributed by atoms with Crippen molar-refractivity contribution in [3.8, 4) is 0 Å². The second-order valence-corrected chi connectivity index (χ2v) is 9.45. The molecule has 1 aliphatic rings. The summed E-state index contributed by atoms with van der Waals surface area (Å²) in [6.07, 6.45) is 4.03. The van der Waals surface area contributed by atoms with Crippen molar-refractivity contribution in [2.45, 2.75) is 13.5 Å². The van der Waals surface area contributed by atoms with E-state index in [1.54, 1.807) is 4.90 Å². The van der Waals surface area contributed by atoms with Crippen LogP contribution >= 0.6 is 51.5 Å². The Morgan fingerprint density at radius 2 is 1.96 bits per heavy atom. The molecule has 1 fully saturated rings. The Balaban J connectivity index is 1.78. The molecule has 1 saturated heterocycles. The molecule has 2 aromatic carbocycles. The van der Waals surface area contributed by atoms with Gasteiger partial charge in [-0.05, 0) is 48.9 Å². The molecule has 2 heterocycles. The first-order valence-corrected chi connectivity index (χ1v) is 11.1. The SMILES string of the molecule is CCN1C(=O)/C(=C/c2cn(Cc3ccc(Cl)cc3)c3ccc(Br)cc23)SC1=S. The summed E-state index contributed by atoms with van der Waals surface area (Å²) in [5, 5.41) is 1.81. The molecule has 1 aliphatic heterocycles. The number of fused-ring (bicyclic) bond motifs is 1. The highest BCUT2D eigenvalue weighted by Crippen LogP contribution is 2.35. The second-order valence-electron chi connectivity index (χ2n) is 6.43. The molecule has 0 radical (unpaired) electrons. The smallest absolute Gasteiger partial charge is 0.266 e. The number of halogens is 2. The van der Waals surface area contributed by atoms with Crippen molar-refractivity contribution in [2.24, 2.45) is 0 Å². The molecule has 0 N–H and O–H groups in total. The zero-order valence-corrected chi connectivity index (χ0v) is 19.0. The van der Waals surface area contributed by atoms with E-state index >= 15 is 0 Å². The number of amides is 1. The average Bonchev–Trinajstić information content (AvgIpc) is 3.13. The van der Waals surface area contributed by atoms with Crippen LogP contribution in [-0.2, 0) is 11.3 Å². The number of rotatable bonds is 4. The van der Waals surface area contributed by atoms with Crippen molar-refractivity contribution in [3.63, 3.8) is 0 Å². The van der Waals surface area contributed by atoms with E-state index in [1.807, 2.05) is 43.3 Å². The van der Waals surface area contributed by atoms with E-state index in [0.717, 1.165) is 38.1 Å². The van der Waals surface area contributed by atoms with Crippen molar-refractivity contribution in [2.75, 3.05) is 6.54 Å². The lowest BCUT2D eigenvalue weighted by atomic mass is 10.1. The number of hydrogen-bond donors (Lipinski definition) is 0. The zero-order chi connectivity index (χ0) is 19.8. The lowest BCUT2D eigenvalue weighted by Gasteiger charge is -2.09. The molecule has 3 nitrogen and oxygen atoms in total. The van der Waals surface area contributed by atoms with E-state index in [2.05, 4.69) is 38.8 Å². The van der Waals surface area contributed by atoms with Gasteiger partial charge in [-0.15, -0.1) is 0 Å². The third-order valence-corrected chi connectivity index (χ3v) is 6.74. The largest absolute Gasteiger partial charge is 0.342 e. The topological polar surface area (TPSA) is 25.2 Å². The minimum Gasteiger partial charge on any atom is -0.342 e. The molecule has 3 aromatic rings. The standard InChI is InChI=1S/C21H16BrClN2OS2/c1-2-25-20(26)19(28-21(25)27)9-14-12-24(11-13-3-6-16(23)7-4-13)18-8-5-15(22)10-17(14)18/h3-10,12H,2,11H2,1H3/b19-9-. The quantitative estimate of drug-likeness (QED) is 0.315. The van der Waals surface area contributed by atoms with E-state index in [1.165, 1.54) is 11.8 Å². The number of carbonyl (C=O) groups excluding carboxylic acids is 1. The summed E-state index contributed by atoms with van der Waals surface area (Å²) in [5.74, 6) is -0.0221. The van der Waals surface area contributed by atoms with Gasteiger partial charge in [-0.2, -0.15) is 0 Å². The van der Waals surface area contributed by atoms with Crippen LogP contribution in [0.2, 0.25) is 5.02 Å². The Hall–Kier alpha value is -1.60. The molecule has 1 amide bonds. The van der Waals surface area contributed by atoms with Crippen molar-refractivity contribution in [1.82, 2.24) is 9.47 Å². The summed E-state index contributed by atoms with van der Waals surface area (Å²) >= 11 is 16.3. The molecule has 7 heteroatoms. The third-order valence-electron chi connectivity index (χ3n) is 4.62. The lowest BCUT2D eigenvalue weighted by Crippen LogP contribution is -2.27. The molecule has 142 valence electrons. The Labute approximate surface area is 186 Å². The van der Waals surface area contributed by atoms with Gasteiger partial charge in [0.15, 0.2) is 0 Å². The molecular weight excluding hydrogens is 476 g/mol. The number of hydrogen-bond acceptors (Lipinski definition) is 3. The summed E-state index contributed by atoms with van der Waals surface area (Å²) in [7, 11) is 0. The molecule has 0 unspecified atom stereocenters. The van der Waals surface area contributed by atoms with E-state index in [4.69, 9.17) is 23.8 Å². The average molecular weight is 492 g/mol. The molecule has 0 aliphatic carbocycles. The number of benzene rings is 2. The summed E-state index contributed by atoms with van der Waals surface area (Å²) < 4.78 is 3.81. The number of thioether (sulfide) groups is 1. The Bertz CT molecular complexity index is 1120. The molecule has 0 bridgehead atoms. The first-order valence-electron chi connectivity index (χ1n) is 8.74. The van der Waals surface area contributed by atoms with Gasteiger partial charge in [0.25, 0.3) is 5.91 Å². The predicted molar refractivity (Wildman–Crippen MR) is 126 cm³/mol. The summed E-state index contributed by atoms with van der Waals surface area (Å²) in [6, 6.07) is 14.1. The fourth-order valence-electron chi connectivity index (χ4n) is 3.24. The Kier molecular flexibility index (Phi) is 5.65. The van der Waals surface area contributed by atoms with Gasteiger partial charge in [0.05, 0.1) is 4.91 Å². The van der Waals surface area contributed by atoms with Crippen LogP contribution < -0.4 is 0 Å². The number of nitrogens with zero attached hydrogens (tertiary/aromatic N) is 2. The van der Waals surface area contributed by atoms with Crippen molar-refractivity contribution >= 4 is 78.7 Å².